The van der Waals surface area contributed by atoms with Crippen molar-refractivity contribution in [3.63, 3.8) is 0 Å². The quantitative estimate of drug-likeness (QED) is 0.140. The van der Waals surface area contributed by atoms with Crippen LogP contribution < -0.4 is 5.56 Å². The smallest absolute Gasteiger partial charge is 0.268 e. The number of fused-ring (bicyclic) bond motifs is 15. The van der Waals surface area contributed by atoms with Gasteiger partial charge in [0.1, 0.15) is 5.65 Å². The van der Waals surface area contributed by atoms with Crippen LogP contribution >= 0.6 is 0 Å². The monoisotopic (exact) mass is 638 g/mol. The molecule has 3 heterocycles. The summed E-state index contributed by atoms with van der Waals surface area (Å²) in [6, 6.07) is 54.5. The minimum atomic E-state index is -0.106. The van der Waals surface area contributed by atoms with Gasteiger partial charge < -0.3 is 0 Å². The first-order valence-corrected chi connectivity index (χ1v) is 16.8. The fourth-order valence-electron chi connectivity index (χ4n) is 8.05. The van der Waals surface area contributed by atoms with Gasteiger partial charge in [0.15, 0.2) is 0 Å². The Morgan fingerprint density at radius 2 is 0.980 bits per heavy atom. The summed E-state index contributed by atoms with van der Waals surface area (Å²) in [7, 11) is 0. The number of aromatic nitrogens is 4. The molecule has 0 N–H and O–H groups in total. The summed E-state index contributed by atoms with van der Waals surface area (Å²) >= 11 is 0. The van der Waals surface area contributed by atoms with Crippen molar-refractivity contribution in [1.82, 2.24) is 18.8 Å². The molecule has 11 rings (SSSR count). The van der Waals surface area contributed by atoms with E-state index >= 15 is 0 Å². The van der Waals surface area contributed by atoms with Crippen LogP contribution in [-0.4, -0.2) is 18.8 Å². The third-order valence-corrected chi connectivity index (χ3v) is 10.3. The minimum absolute atomic E-state index is 0.106. The number of para-hydroxylation sites is 3. The molecule has 0 saturated carbocycles. The van der Waals surface area contributed by atoms with Crippen LogP contribution in [0.2, 0.25) is 0 Å². The first-order chi connectivity index (χ1) is 24.7. The summed E-state index contributed by atoms with van der Waals surface area (Å²) in [5.41, 5.74) is 7.92. The molecule has 232 valence electrons. The lowest BCUT2D eigenvalue weighted by Crippen LogP contribution is -2.19. The average molecular weight is 639 g/mol. The fraction of sp³-hybridized carbons (Fsp3) is 0. The van der Waals surface area contributed by atoms with Gasteiger partial charge in [-0.3, -0.25) is 9.20 Å². The molecule has 5 nitrogen and oxygen atoms in total. The summed E-state index contributed by atoms with van der Waals surface area (Å²) in [5.74, 6) is 0.548. The van der Waals surface area contributed by atoms with Gasteiger partial charge in [0.25, 0.3) is 5.56 Å². The Balaban J connectivity index is 1.16. The Morgan fingerprint density at radius 1 is 0.400 bits per heavy atom. The highest BCUT2D eigenvalue weighted by molar-refractivity contribution is 6.25. The normalized spacial score (nSPS) is 12.1. The van der Waals surface area contributed by atoms with E-state index in [9.17, 15) is 4.79 Å². The van der Waals surface area contributed by atoms with E-state index in [1.165, 1.54) is 32.3 Å². The van der Waals surface area contributed by atoms with Crippen LogP contribution in [0.15, 0.2) is 163 Å². The number of rotatable bonds is 2. The summed E-state index contributed by atoms with van der Waals surface area (Å²) in [6.07, 6.45) is 0. The molecule has 11 aromatic rings. The number of nitrogens with zero attached hydrogens (tertiary/aromatic N) is 4. The molecule has 0 aliphatic carbocycles. The highest BCUT2D eigenvalue weighted by atomic mass is 16.1. The molecule has 3 aromatic heterocycles. The van der Waals surface area contributed by atoms with Gasteiger partial charge >= 0.3 is 0 Å². The molecule has 0 aliphatic heterocycles. The molecule has 0 spiro atoms. The van der Waals surface area contributed by atoms with E-state index in [4.69, 9.17) is 9.97 Å². The van der Waals surface area contributed by atoms with Crippen molar-refractivity contribution in [2.24, 2.45) is 0 Å². The standard InChI is InChI=1S/C45H26N4O/c50-44-42-30(18-10-20-39(42)47-45-48-41-22-8-6-19-38(41)46-43(48)36-17-5-7-21-40(36)49(44)45)29-12-9-11-27(25-29)28-23-24-35-33-15-2-1-13-31(33)32-14-3-4-16-34(32)37(35)26-28/h1-26H. The first-order valence-electron chi connectivity index (χ1n) is 16.8. The minimum Gasteiger partial charge on any atom is -0.268 e. The number of hydrogen-bond acceptors (Lipinski definition) is 3. The molecule has 0 atom stereocenters. The molecule has 50 heavy (non-hydrogen) atoms. The third-order valence-electron chi connectivity index (χ3n) is 10.3. The third kappa shape index (κ3) is 3.69. The maximum absolute atomic E-state index is 14.8. The molecule has 0 unspecified atom stereocenters. The maximum Gasteiger partial charge on any atom is 0.268 e. The van der Waals surface area contributed by atoms with Gasteiger partial charge in [-0.25, -0.2) is 14.4 Å². The van der Waals surface area contributed by atoms with Gasteiger partial charge in [0.05, 0.1) is 27.5 Å². The van der Waals surface area contributed by atoms with Crippen LogP contribution in [0.5, 0.6) is 0 Å². The second kappa shape index (κ2) is 10.1. The largest absolute Gasteiger partial charge is 0.268 e. The Labute approximate surface area is 284 Å². The van der Waals surface area contributed by atoms with E-state index in [1.807, 2.05) is 71.1 Å². The van der Waals surface area contributed by atoms with Gasteiger partial charge in [-0.15, -0.1) is 0 Å². The van der Waals surface area contributed by atoms with Crippen molar-refractivity contribution in [3.05, 3.63) is 168 Å². The lowest BCUT2D eigenvalue weighted by molar-refractivity contribution is 1.05. The first kappa shape index (κ1) is 27.1. The molecule has 8 aromatic carbocycles. The van der Waals surface area contributed by atoms with Crippen LogP contribution in [0.3, 0.4) is 0 Å². The van der Waals surface area contributed by atoms with Gasteiger partial charge in [0, 0.05) is 5.39 Å². The Hall–Kier alpha value is -6.85. The van der Waals surface area contributed by atoms with E-state index in [2.05, 4.69) is 91.0 Å². The van der Waals surface area contributed by atoms with Crippen molar-refractivity contribution in [2.75, 3.05) is 0 Å². The number of benzene rings is 8. The van der Waals surface area contributed by atoms with Crippen molar-refractivity contribution in [2.45, 2.75) is 0 Å². The highest BCUT2D eigenvalue weighted by Crippen LogP contribution is 2.38. The molecule has 0 radical (unpaired) electrons. The molecule has 0 amide bonds. The van der Waals surface area contributed by atoms with E-state index in [-0.39, 0.29) is 5.56 Å². The Bertz CT molecular complexity index is 3260. The summed E-state index contributed by atoms with van der Waals surface area (Å²) < 4.78 is 3.77. The van der Waals surface area contributed by atoms with Crippen molar-refractivity contribution >= 4 is 76.6 Å². The van der Waals surface area contributed by atoms with Gasteiger partial charge in [-0.05, 0) is 97.0 Å². The molecule has 0 aliphatic rings. The molecule has 0 fully saturated rings. The second-order valence-electron chi connectivity index (χ2n) is 13.0. The molecular weight excluding hydrogens is 613 g/mol. The van der Waals surface area contributed by atoms with E-state index < -0.39 is 0 Å². The SMILES string of the molecule is O=c1c2c(-c3cccc(-c4ccc5c6ccccc6c6ccccc6c5c4)c3)cccc2nc2n1c1ccccc1c1nc3ccccc3n12. The zero-order chi connectivity index (χ0) is 32.9. The topological polar surface area (TPSA) is 51.7 Å². The van der Waals surface area contributed by atoms with Crippen LogP contribution in [-0.2, 0) is 0 Å². The zero-order valence-electron chi connectivity index (χ0n) is 26.7. The van der Waals surface area contributed by atoms with Crippen molar-refractivity contribution < 1.29 is 0 Å². The molecule has 5 heteroatoms. The van der Waals surface area contributed by atoms with Crippen LogP contribution in [0, 0.1) is 0 Å². The second-order valence-corrected chi connectivity index (χ2v) is 13.0. The number of hydrogen-bond donors (Lipinski definition) is 0. The Kier molecular flexibility index (Phi) is 5.47. The molecular formula is C45H26N4O. The van der Waals surface area contributed by atoms with E-state index in [0.717, 1.165) is 49.8 Å². The fourth-order valence-corrected chi connectivity index (χ4v) is 8.05. The lowest BCUT2D eigenvalue weighted by Gasteiger charge is -2.14. The molecule has 0 saturated heterocycles. The van der Waals surface area contributed by atoms with E-state index in [0.29, 0.717) is 16.7 Å². The van der Waals surface area contributed by atoms with Crippen molar-refractivity contribution in [1.29, 1.82) is 0 Å². The average Bonchev–Trinajstić information content (AvgIpc) is 3.58. The van der Waals surface area contributed by atoms with Gasteiger partial charge in [-0.2, -0.15) is 0 Å². The summed E-state index contributed by atoms with van der Waals surface area (Å²) in [5, 5.41) is 8.98. The van der Waals surface area contributed by atoms with Crippen LogP contribution in [0.1, 0.15) is 0 Å². The Morgan fingerprint density at radius 3 is 1.76 bits per heavy atom. The van der Waals surface area contributed by atoms with Crippen LogP contribution in [0.25, 0.3) is 98.8 Å². The maximum atomic E-state index is 14.8. The zero-order valence-corrected chi connectivity index (χ0v) is 26.7. The lowest BCUT2D eigenvalue weighted by atomic mass is 9.91. The predicted molar refractivity (Wildman–Crippen MR) is 206 cm³/mol. The predicted octanol–water partition coefficient (Wildman–Crippen LogP) is 10.6. The van der Waals surface area contributed by atoms with Gasteiger partial charge in [0.2, 0.25) is 5.78 Å². The highest BCUT2D eigenvalue weighted by Gasteiger charge is 2.19. The molecule has 0 bridgehead atoms. The van der Waals surface area contributed by atoms with Crippen molar-refractivity contribution in [3.8, 4) is 22.3 Å². The van der Waals surface area contributed by atoms with Crippen LogP contribution in [0.4, 0.5) is 0 Å². The van der Waals surface area contributed by atoms with Gasteiger partial charge in [-0.1, -0.05) is 115 Å². The number of imidazole rings is 1. The summed E-state index contributed by atoms with van der Waals surface area (Å²) in [6.45, 7) is 0. The van der Waals surface area contributed by atoms with E-state index in [1.54, 1.807) is 4.40 Å². The summed E-state index contributed by atoms with van der Waals surface area (Å²) in [4.78, 5) is 25.0.